The molecular formula is C29H30O13. The Hall–Kier alpha value is -4.14. The van der Waals surface area contributed by atoms with Crippen molar-refractivity contribution >= 4 is 11.9 Å². The highest BCUT2D eigenvalue weighted by Crippen LogP contribution is 2.40. The number of fused-ring (bicyclic) bond motifs is 1. The van der Waals surface area contributed by atoms with Gasteiger partial charge in [0, 0.05) is 23.5 Å². The summed E-state index contributed by atoms with van der Waals surface area (Å²) in [5.41, 5.74) is 0.119. The molecule has 2 fully saturated rings. The number of carbonyl (C=O) groups excluding carboxylic acids is 2. The number of rotatable bonds is 7. The van der Waals surface area contributed by atoms with Crippen LogP contribution in [-0.2, 0) is 28.5 Å². The van der Waals surface area contributed by atoms with Crippen molar-refractivity contribution in [3.05, 3.63) is 66.5 Å². The van der Waals surface area contributed by atoms with E-state index >= 15 is 0 Å². The maximum absolute atomic E-state index is 13.5. The summed E-state index contributed by atoms with van der Waals surface area (Å²) in [5, 5.41) is 61.9. The summed E-state index contributed by atoms with van der Waals surface area (Å²) < 4.78 is 27.9. The summed E-state index contributed by atoms with van der Waals surface area (Å²) in [6.45, 7) is 3.27. The Kier molecular flexibility index (Phi) is 8.38. The van der Waals surface area contributed by atoms with E-state index in [1.54, 1.807) is 0 Å². The summed E-state index contributed by atoms with van der Waals surface area (Å²) in [7, 11) is 0. The van der Waals surface area contributed by atoms with Crippen molar-refractivity contribution in [1.29, 1.82) is 0 Å². The van der Waals surface area contributed by atoms with Crippen LogP contribution in [0.25, 0.3) is 11.1 Å². The molecule has 224 valence electrons. The van der Waals surface area contributed by atoms with Crippen LogP contribution in [0, 0.1) is 11.8 Å². The first-order valence-corrected chi connectivity index (χ1v) is 13.1. The fraction of sp³-hybridized carbons (Fsp3) is 0.379. The molecule has 6 N–H and O–H groups in total. The predicted molar refractivity (Wildman–Crippen MR) is 141 cm³/mol. The number of esters is 2. The lowest BCUT2D eigenvalue weighted by Crippen LogP contribution is -2.61. The molecule has 2 aromatic rings. The van der Waals surface area contributed by atoms with Gasteiger partial charge in [0.25, 0.3) is 0 Å². The van der Waals surface area contributed by atoms with Crippen molar-refractivity contribution in [2.75, 3.05) is 13.2 Å². The lowest BCUT2D eigenvalue weighted by atomic mass is 9.81. The highest BCUT2D eigenvalue weighted by Gasteiger charge is 2.50. The Balaban J connectivity index is 1.46. The first-order valence-electron chi connectivity index (χ1n) is 13.1. The molecule has 5 rings (SSSR count). The third-order valence-electron chi connectivity index (χ3n) is 7.48. The Morgan fingerprint density at radius 2 is 1.86 bits per heavy atom. The van der Waals surface area contributed by atoms with Crippen LogP contribution in [0.4, 0.5) is 0 Å². The molecule has 3 heterocycles. The molecule has 0 amide bonds. The molecule has 13 heteroatoms. The van der Waals surface area contributed by atoms with E-state index in [0.717, 1.165) is 6.07 Å². The van der Waals surface area contributed by atoms with Crippen LogP contribution < -0.4 is 0 Å². The van der Waals surface area contributed by atoms with Gasteiger partial charge < -0.3 is 54.3 Å². The minimum absolute atomic E-state index is 0.00458. The molecule has 2 saturated heterocycles. The largest absolute Gasteiger partial charge is 0.508 e. The summed E-state index contributed by atoms with van der Waals surface area (Å²) >= 11 is 0. The Bertz CT molecular complexity index is 1390. The van der Waals surface area contributed by atoms with Gasteiger partial charge in [-0.25, -0.2) is 9.59 Å². The maximum Gasteiger partial charge on any atom is 0.343 e. The molecule has 1 unspecified atom stereocenters. The number of ether oxygens (including phenoxy) is 5. The monoisotopic (exact) mass is 592 g/mol. The number of carbonyl (C=O) groups is 2. The fourth-order valence-corrected chi connectivity index (χ4v) is 5.36. The minimum atomic E-state index is -1.82. The van der Waals surface area contributed by atoms with E-state index in [2.05, 4.69) is 6.58 Å². The van der Waals surface area contributed by atoms with Crippen molar-refractivity contribution in [2.45, 2.75) is 43.4 Å². The molecule has 0 bridgehead atoms. The number of hydrogen-bond acceptors (Lipinski definition) is 13. The first-order chi connectivity index (χ1) is 20.1. The number of phenols is 3. The summed E-state index contributed by atoms with van der Waals surface area (Å²) in [6, 6.07) is 7.77. The third-order valence-corrected chi connectivity index (χ3v) is 7.48. The van der Waals surface area contributed by atoms with Crippen LogP contribution in [-0.4, -0.2) is 92.8 Å². The number of cyclic esters (lactones) is 1. The van der Waals surface area contributed by atoms with E-state index in [9.17, 15) is 40.2 Å². The molecule has 0 aromatic heterocycles. The predicted octanol–water partition coefficient (Wildman–Crippen LogP) is 1.06. The van der Waals surface area contributed by atoms with Crippen molar-refractivity contribution < 1.29 is 63.9 Å². The number of aliphatic hydroxyl groups excluding tert-OH is 3. The molecule has 0 radical (unpaired) electrons. The van der Waals surface area contributed by atoms with Gasteiger partial charge in [0.15, 0.2) is 6.10 Å². The average Bonchev–Trinajstić information content (AvgIpc) is 2.96. The van der Waals surface area contributed by atoms with Crippen molar-refractivity contribution in [3.63, 3.8) is 0 Å². The Labute approximate surface area is 239 Å². The standard InChI is InChI=1S/C29H30O13/c1-2-16-17-6-7-38-26(36)19(17)12-39-28(16)42-29-25(24(35)23(34)21(11-30)40-29)41-27(37)22-18(9-15(32)10-20(22)33)13-4-3-5-14(31)8-13/h2-5,8-10,12,16-17,21,23-25,28-35H,1,6-7,11H2/t16-,17?,21-,23-,24+,25-,28+,29+/m1/s1/i9+1,10+1,15+1,20+1,22+1,27+1. The Morgan fingerprint density at radius 3 is 2.57 bits per heavy atom. The highest BCUT2D eigenvalue weighted by molar-refractivity contribution is 6.00. The summed E-state index contributed by atoms with van der Waals surface area (Å²) in [4.78, 5) is 25.7. The fourth-order valence-electron chi connectivity index (χ4n) is 5.36. The second-order valence-electron chi connectivity index (χ2n) is 10.1. The van der Waals surface area contributed by atoms with E-state index in [4.69, 9.17) is 23.7 Å². The van der Waals surface area contributed by atoms with Gasteiger partial charge >= 0.3 is 11.9 Å². The van der Waals surface area contributed by atoms with E-state index in [0.29, 0.717) is 12.0 Å². The van der Waals surface area contributed by atoms with Crippen LogP contribution in [0.15, 0.2) is 60.9 Å². The lowest BCUT2D eigenvalue weighted by molar-refractivity contribution is -0.338. The smallest absolute Gasteiger partial charge is 0.343 e. The molecule has 8 atom stereocenters. The topological polar surface area (TPSA) is 202 Å². The van der Waals surface area contributed by atoms with Crippen LogP contribution in [0.5, 0.6) is 17.2 Å². The average molecular weight is 593 g/mol. The summed E-state index contributed by atoms with van der Waals surface area (Å²) in [5.74, 6) is -3.88. The second-order valence-corrected chi connectivity index (χ2v) is 10.1. The van der Waals surface area contributed by atoms with Crippen molar-refractivity contribution in [3.8, 4) is 28.4 Å². The number of phenolic OH excluding ortho intramolecular Hbond substituents is 3. The SMILES string of the molecule is C=C[C@@H]1C2CCOC(=O)C2=CO[C@H]1O[C@@H]1O[C@H](CO)[C@@H](O)[C@H](O)[C@H]1O[13C](=O)[13c]1c(-c2cccc(O)c2)[13cH][13c](O)[13cH][13c]1O. The summed E-state index contributed by atoms with van der Waals surface area (Å²) in [6.07, 6.45) is -6.13. The molecule has 3 aliphatic rings. The van der Waals surface area contributed by atoms with Gasteiger partial charge in [0.1, 0.15) is 41.1 Å². The zero-order chi connectivity index (χ0) is 30.1. The number of hydrogen-bond donors (Lipinski definition) is 6. The van der Waals surface area contributed by atoms with Crippen molar-refractivity contribution in [2.24, 2.45) is 11.8 Å². The number of aliphatic hydroxyl groups is 3. The van der Waals surface area contributed by atoms with Crippen molar-refractivity contribution in [1.82, 2.24) is 0 Å². The van der Waals surface area contributed by atoms with Crippen LogP contribution in [0.2, 0.25) is 0 Å². The van der Waals surface area contributed by atoms with E-state index in [-0.39, 0.29) is 35.2 Å². The van der Waals surface area contributed by atoms with Crippen LogP contribution in [0.3, 0.4) is 0 Å². The first kappa shape index (κ1) is 29.4. The van der Waals surface area contributed by atoms with Gasteiger partial charge in [-0.1, -0.05) is 18.2 Å². The molecule has 0 saturated carbocycles. The normalized spacial score (nSPS) is 30.7. The second kappa shape index (κ2) is 12.0. The zero-order valence-electron chi connectivity index (χ0n) is 22.1. The van der Waals surface area contributed by atoms with E-state index < -0.39 is 72.8 Å². The van der Waals surface area contributed by atoms with Gasteiger partial charge in [0.2, 0.25) is 12.6 Å². The van der Waals surface area contributed by atoms with Gasteiger partial charge in [0.05, 0.1) is 25.0 Å². The van der Waals surface area contributed by atoms with Gasteiger partial charge in [-0.2, -0.15) is 0 Å². The van der Waals surface area contributed by atoms with Crippen LogP contribution >= 0.6 is 0 Å². The number of aromatic hydroxyl groups is 3. The molecule has 0 spiro atoms. The minimum Gasteiger partial charge on any atom is -0.508 e. The molecule has 2 aromatic carbocycles. The molecule has 3 aliphatic heterocycles. The molecular weight excluding hydrogens is 562 g/mol. The lowest BCUT2D eigenvalue weighted by Gasteiger charge is -2.44. The molecule has 42 heavy (non-hydrogen) atoms. The third kappa shape index (κ3) is 5.52. The van der Waals surface area contributed by atoms with E-state index in [1.807, 2.05) is 0 Å². The number of benzene rings is 2. The molecule has 0 aliphatic carbocycles. The quantitative estimate of drug-likeness (QED) is 0.152. The van der Waals surface area contributed by atoms with Gasteiger partial charge in [-0.15, -0.1) is 6.58 Å². The molecule has 13 nitrogen and oxygen atoms in total. The Morgan fingerprint density at radius 1 is 1.07 bits per heavy atom. The van der Waals surface area contributed by atoms with Gasteiger partial charge in [-0.05, 0) is 30.2 Å². The van der Waals surface area contributed by atoms with Gasteiger partial charge in [-0.3, -0.25) is 0 Å². The highest BCUT2D eigenvalue weighted by atomic mass is 16.8. The van der Waals surface area contributed by atoms with Crippen LogP contribution in [0.1, 0.15) is 16.8 Å². The van der Waals surface area contributed by atoms with E-state index in [1.165, 1.54) is 42.7 Å². The zero-order valence-corrected chi connectivity index (χ0v) is 22.1. The maximum atomic E-state index is 13.5.